The molecule has 3 rings (SSSR count). The molecule has 0 aromatic heterocycles. The number of carbonyl (C=O) groups excluding carboxylic acids is 1. The summed E-state index contributed by atoms with van der Waals surface area (Å²) in [5, 5.41) is 12.2. The second kappa shape index (κ2) is 11.7. The summed E-state index contributed by atoms with van der Waals surface area (Å²) in [4.78, 5) is 12.5. The van der Waals surface area contributed by atoms with Gasteiger partial charge in [-0.05, 0) is 53.6 Å². The second-order valence-electron chi connectivity index (χ2n) is 7.01. The average molecular weight is 507 g/mol. The van der Waals surface area contributed by atoms with Gasteiger partial charge in [-0.15, -0.1) is 0 Å². The van der Waals surface area contributed by atoms with E-state index in [-0.39, 0.29) is 12.1 Å². The summed E-state index contributed by atoms with van der Waals surface area (Å²) in [5.41, 5.74) is 2.56. The summed E-state index contributed by atoms with van der Waals surface area (Å²) < 4.78 is 17.3. The van der Waals surface area contributed by atoms with Crippen molar-refractivity contribution in [2.45, 2.75) is 13.2 Å². The smallest absolute Gasteiger partial charge is 0.262 e. The van der Waals surface area contributed by atoms with Crippen molar-refractivity contribution in [2.24, 2.45) is 0 Å². The number of methoxy groups -OCH3 is 2. The number of nitrogens with zero attached hydrogens (tertiary/aromatic N) is 1. The zero-order valence-corrected chi connectivity index (χ0v) is 19.9. The van der Waals surface area contributed by atoms with E-state index in [2.05, 4.69) is 21.2 Å². The molecule has 7 heteroatoms. The Morgan fingerprint density at radius 1 is 1.00 bits per heavy atom. The molecule has 0 spiro atoms. The number of amides is 1. The van der Waals surface area contributed by atoms with Crippen LogP contribution in [0, 0.1) is 11.3 Å². The van der Waals surface area contributed by atoms with Crippen molar-refractivity contribution >= 4 is 27.9 Å². The molecule has 0 heterocycles. The topological polar surface area (TPSA) is 80.6 Å². The lowest BCUT2D eigenvalue weighted by atomic mass is 10.1. The highest BCUT2D eigenvalue weighted by Gasteiger charge is 2.11. The summed E-state index contributed by atoms with van der Waals surface area (Å²) in [5.74, 6) is 1.48. The first-order chi connectivity index (χ1) is 16.0. The Kier molecular flexibility index (Phi) is 8.50. The molecular formula is C26H23BrN2O4. The number of benzene rings is 3. The minimum absolute atomic E-state index is 0.00556. The van der Waals surface area contributed by atoms with Crippen LogP contribution in [0.1, 0.15) is 16.7 Å². The van der Waals surface area contributed by atoms with E-state index in [4.69, 9.17) is 14.2 Å². The van der Waals surface area contributed by atoms with E-state index in [0.29, 0.717) is 23.9 Å². The third-order valence-electron chi connectivity index (χ3n) is 4.81. The maximum absolute atomic E-state index is 12.5. The maximum atomic E-state index is 12.5. The fraction of sp³-hybridized carbons (Fsp3) is 0.154. The maximum Gasteiger partial charge on any atom is 0.262 e. The molecule has 1 amide bonds. The summed E-state index contributed by atoms with van der Waals surface area (Å²) in [6.45, 7) is 0.664. The van der Waals surface area contributed by atoms with Crippen LogP contribution in [0.4, 0.5) is 0 Å². The van der Waals surface area contributed by atoms with Crippen LogP contribution >= 0.6 is 15.9 Å². The Labute approximate surface area is 201 Å². The molecule has 0 aliphatic heterocycles. The standard InChI is InChI=1S/C26H23BrN2O4/c1-31-24-12-7-20(25(14-24)32-2)16-29-26(30)21(15-28)13-18-5-10-23(11-6-18)33-17-19-3-8-22(27)9-4-19/h3-14H,16-17H2,1-2H3,(H,29,30)/b21-13+. The van der Waals surface area contributed by atoms with Crippen molar-refractivity contribution in [3.63, 3.8) is 0 Å². The normalized spacial score (nSPS) is 10.8. The van der Waals surface area contributed by atoms with Gasteiger partial charge in [-0.25, -0.2) is 0 Å². The molecule has 0 radical (unpaired) electrons. The Morgan fingerprint density at radius 3 is 2.33 bits per heavy atom. The quantitative estimate of drug-likeness (QED) is 0.315. The van der Waals surface area contributed by atoms with E-state index in [0.717, 1.165) is 21.2 Å². The molecule has 0 atom stereocenters. The molecule has 0 saturated heterocycles. The molecule has 168 valence electrons. The van der Waals surface area contributed by atoms with Crippen LogP contribution in [-0.2, 0) is 17.9 Å². The van der Waals surface area contributed by atoms with Gasteiger partial charge in [0.15, 0.2) is 0 Å². The van der Waals surface area contributed by atoms with Gasteiger partial charge in [-0.3, -0.25) is 4.79 Å². The molecule has 6 nitrogen and oxygen atoms in total. The number of nitriles is 1. The highest BCUT2D eigenvalue weighted by atomic mass is 79.9. The first kappa shape index (κ1) is 23.9. The summed E-state index contributed by atoms with van der Waals surface area (Å²) in [7, 11) is 3.12. The van der Waals surface area contributed by atoms with Crippen molar-refractivity contribution in [1.29, 1.82) is 5.26 Å². The SMILES string of the molecule is COc1ccc(CNC(=O)/C(C#N)=C/c2ccc(OCc3ccc(Br)cc3)cc2)c(OC)c1. The molecule has 0 fully saturated rings. The van der Waals surface area contributed by atoms with E-state index < -0.39 is 5.91 Å². The van der Waals surface area contributed by atoms with Gasteiger partial charge in [0.2, 0.25) is 0 Å². The van der Waals surface area contributed by atoms with Crippen molar-refractivity contribution in [3.8, 4) is 23.3 Å². The predicted molar refractivity (Wildman–Crippen MR) is 130 cm³/mol. The lowest BCUT2D eigenvalue weighted by Gasteiger charge is -2.11. The van der Waals surface area contributed by atoms with Gasteiger partial charge in [0.25, 0.3) is 5.91 Å². The van der Waals surface area contributed by atoms with E-state index in [1.165, 1.54) is 0 Å². The third kappa shape index (κ3) is 6.86. The van der Waals surface area contributed by atoms with E-state index in [1.807, 2.05) is 30.3 Å². The van der Waals surface area contributed by atoms with E-state index >= 15 is 0 Å². The Hall–Kier alpha value is -3.76. The van der Waals surface area contributed by atoms with Gasteiger partial charge < -0.3 is 19.5 Å². The fourth-order valence-electron chi connectivity index (χ4n) is 2.99. The number of hydrogen-bond donors (Lipinski definition) is 1. The van der Waals surface area contributed by atoms with Crippen LogP contribution in [0.3, 0.4) is 0 Å². The molecule has 0 aliphatic carbocycles. The number of nitrogens with one attached hydrogen (secondary N) is 1. The van der Waals surface area contributed by atoms with Gasteiger partial charge in [-0.1, -0.05) is 40.2 Å². The van der Waals surface area contributed by atoms with Gasteiger partial charge in [0.1, 0.15) is 35.5 Å². The van der Waals surface area contributed by atoms with Gasteiger partial charge >= 0.3 is 0 Å². The predicted octanol–water partition coefficient (Wildman–Crippen LogP) is 5.27. The number of halogens is 1. The first-order valence-corrected chi connectivity index (χ1v) is 10.9. The average Bonchev–Trinajstić information content (AvgIpc) is 2.86. The Morgan fingerprint density at radius 2 is 1.70 bits per heavy atom. The molecule has 3 aromatic carbocycles. The fourth-order valence-corrected chi connectivity index (χ4v) is 3.26. The highest BCUT2D eigenvalue weighted by molar-refractivity contribution is 9.10. The van der Waals surface area contributed by atoms with Gasteiger partial charge in [0, 0.05) is 22.6 Å². The number of ether oxygens (including phenoxy) is 3. The van der Waals surface area contributed by atoms with Crippen LogP contribution in [0.25, 0.3) is 6.08 Å². The third-order valence-corrected chi connectivity index (χ3v) is 5.34. The first-order valence-electron chi connectivity index (χ1n) is 10.1. The van der Waals surface area contributed by atoms with Crippen molar-refractivity contribution in [3.05, 3.63) is 93.5 Å². The summed E-state index contributed by atoms with van der Waals surface area (Å²) in [6.07, 6.45) is 1.54. The minimum atomic E-state index is -0.467. The zero-order valence-electron chi connectivity index (χ0n) is 18.3. The monoisotopic (exact) mass is 506 g/mol. The summed E-state index contributed by atoms with van der Waals surface area (Å²) in [6, 6.07) is 22.4. The largest absolute Gasteiger partial charge is 0.497 e. The highest BCUT2D eigenvalue weighted by Crippen LogP contribution is 2.24. The Bertz CT molecular complexity index is 1170. The van der Waals surface area contributed by atoms with Crippen molar-refractivity contribution < 1.29 is 19.0 Å². The summed E-state index contributed by atoms with van der Waals surface area (Å²) >= 11 is 3.41. The van der Waals surface area contributed by atoms with E-state index in [1.54, 1.807) is 62.8 Å². The molecule has 1 N–H and O–H groups in total. The lowest BCUT2D eigenvalue weighted by Crippen LogP contribution is -2.24. The molecule has 0 bridgehead atoms. The molecule has 0 saturated carbocycles. The Balaban J connectivity index is 1.60. The van der Waals surface area contributed by atoms with Crippen LogP contribution < -0.4 is 19.5 Å². The molecule has 3 aromatic rings. The second-order valence-corrected chi connectivity index (χ2v) is 7.93. The molecular weight excluding hydrogens is 484 g/mol. The zero-order chi connectivity index (χ0) is 23.6. The van der Waals surface area contributed by atoms with Crippen LogP contribution in [-0.4, -0.2) is 20.1 Å². The van der Waals surface area contributed by atoms with Crippen LogP contribution in [0.2, 0.25) is 0 Å². The van der Waals surface area contributed by atoms with Crippen LogP contribution in [0.5, 0.6) is 17.2 Å². The minimum Gasteiger partial charge on any atom is -0.497 e. The molecule has 0 unspecified atom stereocenters. The van der Waals surface area contributed by atoms with E-state index in [9.17, 15) is 10.1 Å². The van der Waals surface area contributed by atoms with Gasteiger partial charge in [-0.2, -0.15) is 5.26 Å². The molecule has 0 aliphatic rings. The number of carbonyl (C=O) groups is 1. The van der Waals surface area contributed by atoms with Crippen LogP contribution in [0.15, 0.2) is 76.8 Å². The number of hydrogen-bond acceptors (Lipinski definition) is 5. The van der Waals surface area contributed by atoms with Gasteiger partial charge in [0.05, 0.1) is 14.2 Å². The lowest BCUT2D eigenvalue weighted by molar-refractivity contribution is -0.117. The molecule has 33 heavy (non-hydrogen) atoms. The number of rotatable bonds is 9. The van der Waals surface area contributed by atoms with Crippen molar-refractivity contribution in [1.82, 2.24) is 5.32 Å². The van der Waals surface area contributed by atoms with Crippen molar-refractivity contribution in [2.75, 3.05) is 14.2 Å².